The minimum absolute atomic E-state index is 0.195. The fourth-order valence-electron chi connectivity index (χ4n) is 2.14. The lowest BCUT2D eigenvalue weighted by molar-refractivity contribution is 0.604. The van der Waals surface area contributed by atoms with Crippen molar-refractivity contribution < 1.29 is 0 Å². The van der Waals surface area contributed by atoms with Gasteiger partial charge in [0.2, 0.25) is 0 Å². The van der Waals surface area contributed by atoms with E-state index >= 15 is 0 Å². The summed E-state index contributed by atoms with van der Waals surface area (Å²) in [5.74, 6) is 0. The third kappa shape index (κ3) is 3.64. The van der Waals surface area contributed by atoms with Crippen molar-refractivity contribution in [2.24, 2.45) is 0 Å². The van der Waals surface area contributed by atoms with Gasteiger partial charge in [-0.05, 0) is 66.0 Å². The van der Waals surface area contributed by atoms with Crippen LogP contribution in [0.1, 0.15) is 40.3 Å². The molecule has 0 radical (unpaired) electrons. The van der Waals surface area contributed by atoms with Crippen molar-refractivity contribution in [2.75, 3.05) is 6.54 Å². The average Bonchev–Trinajstić information content (AvgIpc) is 2.73. The minimum atomic E-state index is 0.195. The van der Waals surface area contributed by atoms with E-state index < -0.39 is 0 Å². The first-order chi connectivity index (χ1) is 9.52. The molecule has 4 heteroatoms. The molecule has 0 aliphatic heterocycles. The average molecular weight is 373 g/mol. The molecule has 0 aliphatic rings. The maximum Gasteiger partial charge on any atom is 0.0683 e. The number of thiophene rings is 1. The summed E-state index contributed by atoms with van der Waals surface area (Å²) in [6.07, 6.45) is 1.11. The Morgan fingerprint density at radius 2 is 2.05 bits per heavy atom. The molecule has 108 valence electrons. The van der Waals surface area contributed by atoms with E-state index in [1.54, 1.807) is 0 Å². The Balaban J connectivity index is 2.41. The lowest BCUT2D eigenvalue weighted by Crippen LogP contribution is -2.22. The van der Waals surface area contributed by atoms with Gasteiger partial charge >= 0.3 is 0 Å². The number of benzene rings is 1. The van der Waals surface area contributed by atoms with Crippen LogP contribution in [0.4, 0.5) is 0 Å². The van der Waals surface area contributed by atoms with E-state index in [4.69, 9.17) is 11.6 Å². The van der Waals surface area contributed by atoms with Crippen LogP contribution in [0, 0.1) is 13.8 Å². The number of nitrogens with one attached hydrogen (secondary N) is 1. The molecule has 1 aromatic heterocycles. The van der Waals surface area contributed by atoms with Crippen LogP contribution in [0.15, 0.2) is 28.7 Å². The molecule has 0 spiro atoms. The molecule has 20 heavy (non-hydrogen) atoms. The van der Waals surface area contributed by atoms with Gasteiger partial charge < -0.3 is 5.32 Å². The second kappa shape index (κ2) is 7.08. The molecule has 2 rings (SSSR count). The van der Waals surface area contributed by atoms with Crippen molar-refractivity contribution in [1.82, 2.24) is 5.32 Å². The summed E-state index contributed by atoms with van der Waals surface area (Å²) in [7, 11) is 0. The lowest BCUT2D eigenvalue weighted by Gasteiger charge is -2.19. The summed E-state index contributed by atoms with van der Waals surface area (Å²) in [5, 5.41) is 4.45. The molecular formula is C16H19BrClNS. The molecule has 0 bridgehead atoms. The van der Waals surface area contributed by atoms with Gasteiger partial charge in [-0.3, -0.25) is 0 Å². The number of hydrogen-bond donors (Lipinski definition) is 1. The second-order valence-electron chi connectivity index (χ2n) is 4.96. The topological polar surface area (TPSA) is 12.0 Å². The zero-order chi connectivity index (χ0) is 14.7. The van der Waals surface area contributed by atoms with Gasteiger partial charge in [-0.25, -0.2) is 0 Å². The van der Waals surface area contributed by atoms with Crippen LogP contribution in [-0.4, -0.2) is 6.54 Å². The zero-order valence-electron chi connectivity index (χ0n) is 12.0. The quantitative estimate of drug-likeness (QED) is 0.692. The highest BCUT2D eigenvalue weighted by Gasteiger charge is 2.19. The first kappa shape index (κ1) is 16.0. The fraction of sp³-hybridized carbons (Fsp3) is 0.375. The standard InChI is InChI=1S/C16H19BrClNS/c1-4-7-19-15(16-13(17)8-11(3)20-16)12-6-5-10(2)14(18)9-12/h5-6,8-9,15,19H,4,7H2,1-3H3. The SMILES string of the molecule is CCCNC(c1ccc(C)c(Cl)c1)c1sc(C)cc1Br. The predicted molar refractivity (Wildman–Crippen MR) is 93.1 cm³/mol. The Bertz CT molecular complexity index is 594. The maximum atomic E-state index is 6.29. The molecule has 0 fully saturated rings. The molecule has 0 amide bonds. The summed E-state index contributed by atoms with van der Waals surface area (Å²) in [4.78, 5) is 2.63. The Hall–Kier alpha value is -0.350. The van der Waals surface area contributed by atoms with Crippen LogP contribution >= 0.6 is 38.9 Å². The highest BCUT2D eigenvalue weighted by atomic mass is 79.9. The van der Waals surface area contributed by atoms with E-state index in [-0.39, 0.29) is 6.04 Å². The van der Waals surface area contributed by atoms with E-state index in [1.807, 2.05) is 18.3 Å². The van der Waals surface area contributed by atoms with Gasteiger partial charge in [0, 0.05) is 19.2 Å². The molecule has 1 heterocycles. The minimum Gasteiger partial charge on any atom is -0.306 e. The fourth-order valence-corrected chi connectivity index (χ4v) is 4.31. The van der Waals surface area contributed by atoms with Gasteiger partial charge in [-0.1, -0.05) is 30.7 Å². The van der Waals surface area contributed by atoms with E-state index in [1.165, 1.54) is 19.8 Å². The number of rotatable bonds is 5. The monoisotopic (exact) mass is 371 g/mol. The van der Waals surface area contributed by atoms with Gasteiger partial charge in [0.05, 0.1) is 6.04 Å². The number of hydrogen-bond acceptors (Lipinski definition) is 2. The summed E-state index contributed by atoms with van der Waals surface area (Å²) >= 11 is 11.8. The number of halogens is 2. The first-order valence-corrected chi connectivity index (χ1v) is 8.77. The molecular weight excluding hydrogens is 354 g/mol. The highest BCUT2D eigenvalue weighted by molar-refractivity contribution is 9.10. The van der Waals surface area contributed by atoms with Crippen LogP contribution in [0.25, 0.3) is 0 Å². The second-order valence-corrected chi connectivity index (χ2v) is 7.51. The van der Waals surface area contributed by atoms with Crippen LogP contribution in [0.5, 0.6) is 0 Å². The van der Waals surface area contributed by atoms with Gasteiger partial charge in [0.15, 0.2) is 0 Å². The summed E-state index contributed by atoms with van der Waals surface area (Å²) < 4.78 is 1.17. The van der Waals surface area contributed by atoms with Gasteiger partial charge in [-0.2, -0.15) is 0 Å². The van der Waals surface area contributed by atoms with Crippen molar-refractivity contribution in [3.8, 4) is 0 Å². The molecule has 2 aromatic rings. The molecule has 0 saturated carbocycles. The molecule has 1 atom stereocenters. The normalized spacial score (nSPS) is 12.7. The van der Waals surface area contributed by atoms with Crippen LogP contribution in [0.2, 0.25) is 5.02 Å². The summed E-state index contributed by atoms with van der Waals surface area (Å²) in [6, 6.07) is 8.70. The third-order valence-corrected chi connectivity index (χ3v) is 5.67. The lowest BCUT2D eigenvalue weighted by atomic mass is 10.0. The maximum absolute atomic E-state index is 6.29. The van der Waals surface area contributed by atoms with E-state index in [0.717, 1.165) is 23.6 Å². The van der Waals surface area contributed by atoms with Crippen LogP contribution < -0.4 is 5.32 Å². The predicted octanol–water partition coefficient (Wildman–Crippen LogP) is 5.87. The van der Waals surface area contributed by atoms with E-state index in [2.05, 4.69) is 59.4 Å². The number of aryl methyl sites for hydroxylation is 2. The van der Waals surface area contributed by atoms with Gasteiger partial charge in [0.25, 0.3) is 0 Å². The molecule has 1 N–H and O–H groups in total. The Kier molecular flexibility index (Phi) is 5.67. The summed E-state index contributed by atoms with van der Waals surface area (Å²) in [6.45, 7) is 7.34. The highest BCUT2D eigenvalue weighted by Crippen LogP contribution is 2.36. The zero-order valence-corrected chi connectivity index (χ0v) is 15.1. The summed E-state index contributed by atoms with van der Waals surface area (Å²) in [5.41, 5.74) is 2.34. The smallest absolute Gasteiger partial charge is 0.0683 e. The first-order valence-electron chi connectivity index (χ1n) is 6.78. The third-order valence-electron chi connectivity index (χ3n) is 3.23. The molecule has 0 saturated heterocycles. The molecule has 1 unspecified atom stereocenters. The van der Waals surface area contributed by atoms with E-state index in [0.29, 0.717) is 0 Å². The Labute approximate surface area is 138 Å². The van der Waals surface area contributed by atoms with Crippen molar-refractivity contribution in [3.05, 3.63) is 54.6 Å². The Morgan fingerprint density at radius 1 is 1.30 bits per heavy atom. The van der Waals surface area contributed by atoms with Crippen molar-refractivity contribution in [1.29, 1.82) is 0 Å². The van der Waals surface area contributed by atoms with Crippen LogP contribution in [0.3, 0.4) is 0 Å². The van der Waals surface area contributed by atoms with Gasteiger partial charge in [-0.15, -0.1) is 11.3 Å². The van der Waals surface area contributed by atoms with Gasteiger partial charge in [0.1, 0.15) is 0 Å². The molecule has 0 aliphatic carbocycles. The van der Waals surface area contributed by atoms with Crippen molar-refractivity contribution in [3.63, 3.8) is 0 Å². The molecule has 1 nitrogen and oxygen atoms in total. The largest absolute Gasteiger partial charge is 0.306 e. The van der Waals surface area contributed by atoms with Crippen molar-refractivity contribution >= 4 is 38.9 Å². The Morgan fingerprint density at radius 3 is 2.60 bits per heavy atom. The van der Waals surface area contributed by atoms with E-state index in [9.17, 15) is 0 Å². The van der Waals surface area contributed by atoms with Crippen molar-refractivity contribution in [2.45, 2.75) is 33.2 Å². The van der Waals surface area contributed by atoms with Crippen LogP contribution in [-0.2, 0) is 0 Å². The molecule has 1 aromatic carbocycles.